The molecule has 1 aliphatic heterocycles. The first-order chi connectivity index (χ1) is 11.0. The van der Waals surface area contributed by atoms with Crippen molar-refractivity contribution in [2.75, 3.05) is 26.2 Å². The molecule has 1 N–H and O–H groups in total. The van der Waals surface area contributed by atoms with Crippen molar-refractivity contribution in [3.8, 4) is 0 Å². The summed E-state index contributed by atoms with van der Waals surface area (Å²) in [6, 6.07) is -0.503. The SMILES string of the molecule is CC(=O)NC(C)C(=O)N1CCN(C(=O)CCC2CCCC2)CC1. The van der Waals surface area contributed by atoms with Crippen LogP contribution in [0.2, 0.25) is 0 Å². The Balaban J connectivity index is 1.71. The predicted molar refractivity (Wildman–Crippen MR) is 87.6 cm³/mol. The Morgan fingerprint density at radius 2 is 1.61 bits per heavy atom. The van der Waals surface area contributed by atoms with Crippen molar-refractivity contribution in [2.45, 2.75) is 58.4 Å². The average molecular weight is 323 g/mol. The maximum absolute atomic E-state index is 12.3. The molecular formula is C17H29N3O3. The molecule has 6 heteroatoms. The Bertz CT molecular complexity index is 438. The van der Waals surface area contributed by atoms with Crippen LogP contribution in [0.25, 0.3) is 0 Å². The Kier molecular flexibility index (Phi) is 6.42. The monoisotopic (exact) mass is 323 g/mol. The van der Waals surface area contributed by atoms with Crippen molar-refractivity contribution in [3.05, 3.63) is 0 Å². The maximum Gasteiger partial charge on any atom is 0.244 e. The number of rotatable bonds is 5. The number of hydrogen-bond donors (Lipinski definition) is 1. The van der Waals surface area contributed by atoms with E-state index in [4.69, 9.17) is 0 Å². The number of hydrogen-bond acceptors (Lipinski definition) is 3. The lowest BCUT2D eigenvalue weighted by Gasteiger charge is -2.36. The molecule has 1 saturated carbocycles. The van der Waals surface area contributed by atoms with Crippen LogP contribution in [0.15, 0.2) is 0 Å². The van der Waals surface area contributed by atoms with Crippen molar-refractivity contribution in [2.24, 2.45) is 5.92 Å². The second-order valence-corrected chi connectivity index (χ2v) is 6.82. The summed E-state index contributed by atoms with van der Waals surface area (Å²) in [7, 11) is 0. The molecular weight excluding hydrogens is 294 g/mol. The van der Waals surface area contributed by atoms with Crippen molar-refractivity contribution in [1.82, 2.24) is 15.1 Å². The fourth-order valence-electron chi connectivity index (χ4n) is 3.60. The summed E-state index contributed by atoms with van der Waals surface area (Å²) in [4.78, 5) is 39.1. The van der Waals surface area contributed by atoms with Crippen LogP contribution in [0, 0.1) is 5.92 Å². The Morgan fingerprint density at radius 3 is 2.17 bits per heavy atom. The van der Waals surface area contributed by atoms with Crippen molar-refractivity contribution in [3.63, 3.8) is 0 Å². The van der Waals surface area contributed by atoms with Gasteiger partial charge in [-0.3, -0.25) is 14.4 Å². The first kappa shape index (κ1) is 17.8. The topological polar surface area (TPSA) is 69.7 Å². The van der Waals surface area contributed by atoms with Crippen LogP contribution < -0.4 is 5.32 Å². The minimum atomic E-state index is -0.503. The van der Waals surface area contributed by atoms with E-state index in [1.54, 1.807) is 11.8 Å². The third kappa shape index (κ3) is 5.22. The first-order valence-electron chi connectivity index (χ1n) is 8.81. The second-order valence-electron chi connectivity index (χ2n) is 6.82. The molecule has 2 rings (SSSR count). The Labute approximate surface area is 138 Å². The van der Waals surface area contributed by atoms with Gasteiger partial charge in [0, 0.05) is 39.5 Å². The van der Waals surface area contributed by atoms with E-state index in [1.807, 2.05) is 4.90 Å². The highest BCUT2D eigenvalue weighted by molar-refractivity contribution is 5.86. The number of nitrogens with zero attached hydrogens (tertiary/aromatic N) is 2. The zero-order valence-corrected chi connectivity index (χ0v) is 14.3. The summed E-state index contributed by atoms with van der Waals surface area (Å²) in [5.74, 6) is 0.684. The number of piperazine rings is 1. The molecule has 130 valence electrons. The molecule has 2 fully saturated rings. The van der Waals surface area contributed by atoms with Gasteiger partial charge in [0.25, 0.3) is 0 Å². The summed E-state index contributed by atoms with van der Waals surface area (Å²) >= 11 is 0. The van der Waals surface area contributed by atoms with E-state index in [-0.39, 0.29) is 17.7 Å². The second kappa shape index (κ2) is 8.31. The smallest absolute Gasteiger partial charge is 0.244 e. The van der Waals surface area contributed by atoms with Crippen LogP contribution in [-0.4, -0.2) is 59.7 Å². The van der Waals surface area contributed by atoms with Gasteiger partial charge < -0.3 is 15.1 Å². The third-order valence-electron chi connectivity index (χ3n) is 4.98. The lowest BCUT2D eigenvalue weighted by atomic mass is 10.0. The van der Waals surface area contributed by atoms with E-state index in [1.165, 1.54) is 32.6 Å². The van der Waals surface area contributed by atoms with Crippen LogP contribution >= 0.6 is 0 Å². The molecule has 23 heavy (non-hydrogen) atoms. The van der Waals surface area contributed by atoms with Gasteiger partial charge in [0.1, 0.15) is 6.04 Å². The third-order valence-corrected chi connectivity index (χ3v) is 4.98. The lowest BCUT2D eigenvalue weighted by molar-refractivity contribution is -0.141. The minimum Gasteiger partial charge on any atom is -0.345 e. The average Bonchev–Trinajstić information content (AvgIpc) is 3.04. The lowest BCUT2D eigenvalue weighted by Crippen LogP contribution is -2.55. The fourth-order valence-corrected chi connectivity index (χ4v) is 3.60. The van der Waals surface area contributed by atoms with Crippen LogP contribution in [0.4, 0.5) is 0 Å². The van der Waals surface area contributed by atoms with E-state index in [2.05, 4.69) is 5.32 Å². The molecule has 0 spiro atoms. The minimum absolute atomic E-state index is 0.0711. The molecule has 1 unspecified atom stereocenters. The largest absolute Gasteiger partial charge is 0.345 e. The van der Waals surface area contributed by atoms with Gasteiger partial charge in [-0.15, -0.1) is 0 Å². The molecule has 1 atom stereocenters. The summed E-state index contributed by atoms with van der Waals surface area (Å²) in [5, 5.41) is 2.61. The molecule has 0 aromatic heterocycles. The normalized spacial score (nSPS) is 20.4. The van der Waals surface area contributed by atoms with Gasteiger partial charge in [0.15, 0.2) is 0 Å². The van der Waals surface area contributed by atoms with Gasteiger partial charge in [0.05, 0.1) is 0 Å². The number of carbonyl (C=O) groups excluding carboxylic acids is 3. The zero-order chi connectivity index (χ0) is 16.8. The molecule has 0 radical (unpaired) electrons. The molecule has 1 aliphatic carbocycles. The van der Waals surface area contributed by atoms with E-state index in [0.29, 0.717) is 32.6 Å². The summed E-state index contributed by atoms with van der Waals surface area (Å²) < 4.78 is 0. The summed E-state index contributed by atoms with van der Waals surface area (Å²) in [6.07, 6.45) is 6.82. The number of nitrogens with one attached hydrogen (secondary N) is 1. The van der Waals surface area contributed by atoms with Crippen LogP contribution in [0.1, 0.15) is 52.4 Å². The molecule has 2 aliphatic rings. The molecule has 0 aromatic rings. The molecule has 1 heterocycles. The van der Waals surface area contributed by atoms with Gasteiger partial charge in [-0.25, -0.2) is 0 Å². The molecule has 0 bridgehead atoms. The van der Waals surface area contributed by atoms with Crippen molar-refractivity contribution in [1.29, 1.82) is 0 Å². The van der Waals surface area contributed by atoms with Gasteiger partial charge >= 0.3 is 0 Å². The summed E-state index contributed by atoms with van der Waals surface area (Å²) in [5.41, 5.74) is 0. The van der Waals surface area contributed by atoms with E-state index in [9.17, 15) is 14.4 Å². The van der Waals surface area contributed by atoms with Crippen molar-refractivity contribution < 1.29 is 14.4 Å². The Hall–Kier alpha value is -1.59. The van der Waals surface area contributed by atoms with Gasteiger partial charge in [-0.2, -0.15) is 0 Å². The Morgan fingerprint density at radius 1 is 1.04 bits per heavy atom. The predicted octanol–water partition coefficient (Wildman–Crippen LogP) is 1.15. The van der Waals surface area contributed by atoms with E-state index >= 15 is 0 Å². The molecule has 3 amide bonds. The number of carbonyl (C=O) groups is 3. The van der Waals surface area contributed by atoms with E-state index in [0.717, 1.165) is 12.3 Å². The zero-order valence-electron chi connectivity index (χ0n) is 14.3. The molecule has 0 aromatic carbocycles. The standard InChI is InChI=1S/C17H29N3O3/c1-13(18-14(2)21)17(23)20-11-9-19(10-12-20)16(22)8-7-15-5-3-4-6-15/h13,15H,3-12H2,1-2H3,(H,18,21). The maximum atomic E-state index is 12.3. The fraction of sp³-hybridized carbons (Fsp3) is 0.824. The van der Waals surface area contributed by atoms with Crippen LogP contribution in [0.3, 0.4) is 0 Å². The molecule has 1 saturated heterocycles. The highest BCUT2D eigenvalue weighted by Crippen LogP contribution is 2.28. The number of amides is 3. The van der Waals surface area contributed by atoms with Gasteiger partial charge in [0.2, 0.25) is 17.7 Å². The van der Waals surface area contributed by atoms with Crippen LogP contribution in [0.5, 0.6) is 0 Å². The summed E-state index contributed by atoms with van der Waals surface area (Å²) in [6.45, 7) is 5.41. The highest BCUT2D eigenvalue weighted by Gasteiger charge is 2.27. The first-order valence-corrected chi connectivity index (χ1v) is 8.81. The quantitative estimate of drug-likeness (QED) is 0.825. The van der Waals surface area contributed by atoms with Gasteiger partial charge in [-0.1, -0.05) is 25.7 Å². The molecule has 6 nitrogen and oxygen atoms in total. The van der Waals surface area contributed by atoms with Crippen molar-refractivity contribution >= 4 is 17.7 Å². The van der Waals surface area contributed by atoms with Crippen LogP contribution in [-0.2, 0) is 14.4 Å². The van der Waals surface area contributed by atoms with Gasteiger partial charge in [-0.05, 0) is 19.3 Å². The highest BCUT2D eigenvalue weighted by atomic mass is 16.2. The van der Waals surface area contributed by atoms with E-state index < -0.39 is 6.04 Å².